The number of rotatable bonds is 17. The maximum absolute atomic E-state index is 13.3. The monoisotopic (exact) mass is 637 g/mol. The predicted octanol–water partition coefficient (Wildman–Crippen LogP) is 1.84. The summed E-state index contributed by atoms with van der Waals surface area (Å²) in [7, 11) is 4.03. The van der Waals surface area contributed by atoms with E-state index < -0.39 is 73.3 Å². The number of aliphatic hydroxyl groups excluding tert-OH is 1. The summed E-state index contributed by atoms with van der Waals surface area (Å²) in [4.78, 5) is 29.1. The Labute approximate surface area is 263 Å². The molecule has 0 aromatic heterocycles. The van der Waals surface area contributed by atoms with Crippen molar-refractivity contribution in [2.75, 3.05) is 34.0 Å². The van der Waals surface area contributed by atoms with Gasteiger partial charge in [-0.15, -0.1) is 0 Å². The highest BCUT2D eigenvalue weighted by Gasteiger charge is 2.55. The van der Waals surface area contributed by atoms with Crippen LogP contribution in [-0.2, 0) is 47.3 Å². The normalized spacial score (nSPS) is 31.5. The minimum Gasteiger partial charge on any atom is -0.467 e. The number of aliphatic hydroxyl groups is 1. The molecule has 2 saturated heterocycles. The Hall–Kier alpha value is -2.79. The summed E-state index contributed by atoms with van der Waals surface area (Å²) in [5, 5.41) is 15.2. The van der Waals surface area contributed by atoms with Crippen LogP contribution in [-0.4, -0.2) is 120 Å². The third kappa shape index (κ3) is 9.61. The lowest BCUT2D eigenvalue weighted by atomic mass is 9.95. The van der Waals surface area contributed by atoms with Gasteiger partial charge in [-0.05, 0) is 30.5 Å². The molecule has 2 fully saturated rings. The second-order valence-electron chi connectivity index (χ2n) is 10.6. The number of nitrogens with zero attached hydrogens (tertiary/aromatic N) is 3. The minimum atomic E-state index is -1.58. The number of esters is 2. The Balaban J connectivity index is 2.07. The smallest absolute Gasteiger partial charge is 0.338 e. The third-order valence-corrected chi connectivity index (χ3v) is 7.48. The molecule has 6 unspecified atom stereocenters. The Morgan fingerprint density at radius 1 is 0.978 bits per heavy atom. The second kappa shape index (κ2) is 19.0. The van der Waals surface area contributed by atoms with Crippen LogP contribution in [0.15, 0.2) is 35.4 Å². The Morgan fingerprint density at radius 2 is 1.64 bits per heavy atom. The van der Waals surface area contributed by atoms with Crippen LogP contribution >= 0.6 is 0 Å². The van der Waals surface area contributed by atoms with Gasteiger partial charge in [0.1, 0.15) is 30.5 Å². The number of hydrogen-bond acceptors (Lipinski definition) is 13. The number of carbonyl (C=O) groups excluding carboxylic acids is 2. The van der Waals surface area contributed by atoms with Crippen molar-refractivity contribution in [1.82, 2.24) is 0 Å². The van der Waals surface area contributed by atoms with Gasteiger partial charge < -0.3 is 47.7 Å². The molecule has 10 atom stereocenters. The molecule has 2 aliphatic rings. The van der Waals surface area contributed by atoms with E-state index in [-0.39, 0.29) is 18.8 Å². The third-order valence-electron chi connectivity index (χ3n) is 7.48. The van der Waals surface area contributed by atoms with Gasteiger partial charge in [-0.25, -0.2) is 9.59 Å². The largest absolute Gasteiger partial charge is 0.467 e. The van der Waals surface area contributed by atoms with Gasteiger partial charge in [0, 0.05) is 25.2 Å². The van der Waals surface area contributed by atoms with Gasteiger partial charge in [0.05, 0.1) is 25.4 Å². The summed E-state index contributed by atoms with van der Waals surface area (Å²) in [6, 6.07) is 7.24. The van der Waals surface area contributed by atoms with Gasteiger partial charge in [-0.3, -0.25) is 0 Å². The highest BCUT2D eigenvalue weighted by Crippen LogP contribution is 2.35. The number of unbranched alkanes of at least 4 members (excludes halogenated alkanes) is 2. The molecule has 250 valence electrons. The fourth-order valence-electron chi connectivity index (χ4n) is 5.13. The predicted molar refractivity (Wildman–Crippen MR) is 160 cm³/mol. The van der Waals surface area contributed by atoms with Crippen LogP contribution < -0.4 is 0 Å². The number of carbonyl (C=O) groups is 2. The van der Waals surface area contributed by atoms with Crippen molar-refractivity contribution in [1.29, 1.82) is 0 Å². The average molecular weight is 637 g/mol. The summed E-state index contributed by atoms with van der Waals surface area (Å²) >= 11 is 0. The van der Waals surface area contributed by atoms with E-state index in [1.165, 1.54) is 15.2 Å². The lowest BCUT2D eigenvalue weighted by Gasteiger charge is -2.48. The topological polar surface area (TPSA) is 186 Å². The van der Waals surface area contributed by atoms with Crippen LogP contribution in [0.2, 0.25) is 0 Å². The first-order valence-corrected chi connectivity index (χ1v) is 15.1. The average Bonchev–Trinajstić information content (AvgIpc) is 3.05. The lowest BCUT2D eigenvalue weighted by Crippen LogP contribution is -2.66. The number of methoxy groups -OCH3 is 2. The fraction of sp³-hybridized carbons (Fsp3) is 0.724. The van der Waals surface area contributed by atoms with Crippen molar-refractivity contribution < 1.29 is 57.2 Å². The first-order chi connectivity index (χ1) is 21.8. The maximum atomic E-state index is 13.3. The zero-order valence-electron chi connectivity index (χ0n) is 26.4. The van der Waals surface area contributed by atoms with Crippen LogP contribution in [0.5, 0.6) is 0 Å². The highest BCUT2D eigenvalue weighted by molar-refractivity contribution is 5.97. The molecule has 0 spiro atoms. The molecule has 0 radical (unpaired) electrons. The Kier molecular flexibility index (Phi) is 15.5. The number of benzene rings is 1. The molecule has 16 heteroatoms. The summed E-state index contributed by atoms with van der Waals surface area (Å²) in [5.41, 5.74) is 9.62. The molecule has 2 heterocycles. The fourth-order valence-corrected chi connectivity index (χ4v) is 5.13. The van der Waals surface area contributed by atoms with Crippen molar-refractivity contribution in [2.24, 2.45) is 5.11 Å². The first-order valence-electron chi connectivity index (χ1n) is 15.1. The first kappa shape index (κ1) is 36.7. The van der Waals surface area contributed by atoms with Gasteiger partial charge in [0.25, 0.3) is 8.05 Å². The summed E-state index contributed by atoms with van der Waals surface area (Å²) < 4.78 is 52.5. The second-order valence-corrected chi connectivity index (χ2v) is 10.6. The molecule has 1 aromatic carbocycles. The van der Waals surface area contributed by atoms with E-state index in [1.807, 2.05) is 13.8 Å². The van der Waals surface area contributed by atoms with Crippen LogP contribution in [0.3, 0.4) is 0 Å². The van der Waals surface area contributed by atoms with Gasteiger partial charge in [-0.2, -0.15) is 0 Å². The molecule has 45 heavy (non-hydrogen) atoms. The molecular formula is C29H44BN3O12. The van der Waals surface area contributed by atoms with E-state index >= 15 is 0 Å². The molecular weight excluding hydrogens is 593 g/mol. The SMILES string of the molecule is BOCC1O[C@H](OC)C(N=[N+]=[N-])C(OCCCC)[C@@H]1O[C@@H]1OC(C(=O)OC)[C@@H](O)C(OCCCC)C1OC(=O)c1ccccc1. The summed E-state index contributed by atoms with van der Waals surface area (Å²) in [5.74, 6) is -1.62. The highest BCUT2D eigenvalue weighted by atomic mass is 16.8. The van der Waals surface area contributed by atoms with Gasteiger partial charge >= 0.3 is 11.9 Å². The number of ether oxygens (including phenoxy) is 8. The summed E-state index contributed by atoms with van der Waals surface area (Å²) in [6.07, 6.45) is -8.18. The van der Waals surface area contributed by atoms with Crippen molar-refractivity contribution in [3.8, 4) is 0 Å². The Morgan fingerprint density at radius 3 is 2.22 bits per heavy atom. The Bertz CT molecular complexity index is 1100. The molecule has 0 aliphatic carbocycles. The molecule has 15 nitrogen and oxygen atoms in total. The zero-order chi connectivity index (χ0) is 32.8. The molecule has 1 N–H and O–H groups in total. The van der Waals surface area contributed by atoms with E-state index in [9.17, 15) is 20.2 Å². The molecule has 0 bridgehead atoms. The molecule has 0 amide bonds. The van der Waals surface area contributed by atoms with Crippen LogP contribution in [0.25, 0.3) is 10.4 Å². The molecule has 1 aromatic rings. The van der Waals surface area contributed by atoms with Crippen LogP contribution in [0.1, 0.15) is 49.9 Å². The van der Waals surface area contributed by atoms with Crippen molar-refractivity contribution in [3.05, 3.63) is 46.3 Å². The summed E-state index contributed by atoms with van der Waals surface area (Å²) in [6.45, 7) is 4.44. The van der Waals surface area contributed by atoms with E-state index in [1.54, 1.807) is 30.3 Å². The maximum Gasteiger partial charge on any atom is 0.338 e. The molecule has 3 rings (SSSR count). The minimum absolute atomic E-state index is 0.00181. The van der Waals surface area contributed by atoms with E-state index in [0.29, 0.717) is 19.4 Å². The number of hydrogen-bond donors (Lipinski definition) is 1. The van der Waals surface area contributed by atoms with Gasteiger partial charge in [-0.1, -0.05) is 50.0 Å². The van der Waals surface area contributed by atoms with Gasteiger partial charge in [0.15, 0.2) is 24.8 Å². The molecule has 2 aliphatic heterocycles. The van der Waals surface area contributed by atoms with Crippen molar-refractivity contribution in [2.45, 2.75) is 101 Å². The van der Waals surface area contributed by atoms with Crippen molar-refractivity contribution in [3.63, 3.8) is 0 Å². The van der Waals surface area contributed by atoms with Crippen molar-refractivity contribution >= 4 is 20.0 Å². The lowest BCUT2D eigenvalue weighted by molar-refractivity contribution is -0.345. The quantitative estimate of drug-likeness (QED) is 0.0654. The van der Waals surface area contributed by atoms with Crippen LogP contribution in [0.4, 0.5) is 0 Å². The van der Waals surface area contributed by atoms with Crippen LogP contribution in [0, 0.1) is 0 Å². The molecule has 0 saturated carbocycles. The van der Waals surface area contributed by atoms with Gasteiger partial charge in [0.2, 0.25) is 0 Å². The van der Waals surface area contributed by atoms with E-state index in [0.717, 1.165) is 20.0 Å². The number of azide groups is 1. The zero-order valence-corrected chi connectivity index (χ0v) is 26.4. The van der Waals surface area contributed by atoms with E-state index in [2.05, 4.69) is 10.0 Å². The standard InChI is InChI=1S/C29H44BN3O12/c1-5-7-14-39-22-19(32-33-31)28(38-4)42-18(16-41-30)21(22)44-29-25(43-26(35)17-12-10-9-11-13-17)23(40-15-8-6-2)20(34)24(45-29)27(36)37-3/h9-13,18-25,28-29,34H,5-8,14-16,30H2,1-4H3/t18?,19?,20-,21+,22?,23?,24?,25?,28-,29+/m0/s1. The van der Waals surface area contributed by atoms with E-state index in [4.69, 9.17) is 42.5 Å².